The van der Waals surface area contributed by atoms with Crippen molar-refractivity contribution in [3.05, 3.63) is 74.6 Å². The third-order valence-corrected chi connectivity index (χ3v) is 8.73. The summed E-state index contributed by atoms with van der Waals surface area (Å²) in [5.41, 5.74) is 2.25. The molecule has 1 unspecified atom stereocenters. The number of nitrogens with one attached hydrogen (secondary N) is 1. The zero-order valence-electron chi connectivity index (χ0n) is 15.9. The topological polar surface area (TPSA) is 58.1 Å². The Morgan fingerprint density at radius 1 is 1.10 bits per heavy atom. The van der Waals surface area contributed by atoms with Crippen LogP contribution in [0.4, 0.5) is 10.8 Å². The van der Waals surface area contributed by atoms with Crippen molar-refractivity contribution < 1.29 is 4.79 Å². The number of anilines is 2. The van der Waals surface area contributed by atoms with E-state index in [4.69, 9.17) is 0 Å². The van der Waals surface area contributed by atoms with Crippen molar-refractivity contribution in [2.75, 3.05) is 17.6 Å². The monoisotopic (exact) mass is 470 g/mol. The predicted octanol–water partition coefficient (Wildman–Crippen LogP) is 5.67. The van der Waals surface area contributed by atoms with Gasteiger partial charge in [-0.1, -0.05) is 47.4 Å². The van der Waals surface area contributed by atoms with E-state index in [0.29, 0.717) is 5.75 Å². The van der Waals surface area contributed by atoms with Crippen LogP contribution in [0.5, 0.6) is 0 Å². The summed E-state index contributed by atoms with van der Waals surface area (Å²) in [4.78, 5) is 17.8. The van der Waals surface area contributed by atoms with Crippen molar-refractivity contribution in [1.82, 2.24) is 15.1 Å². The molecular weight excluding hydrogens is 453 g/mol. The third-order valence-electron chi connectivity index (χ3n) is 4.85. The zero-order valence-corrected chi connectivity index (χ0v) is 19.1. The van der Waals surface area contributed by atoms with Crippen molar-refractivity contribution in [3.8, 4) is 0 Å². The number of carbonyl (C=O) groups excluding carboxylic acids is 1. The molecule has 1 aliphatic rings. The molecule has 0 saturated heterocycles. The number of thioether (sulfide) groups is 1. The van der Waals surface area contributed by atoms with Crippen LogP contribution in [0.3, 0.4) is 0 Å². The van der Waals surface area contributed by atoms with Gasteiger partial charge in [0.2, 0.25) is 11.0 Å². The second-order valence-electron chi connectivity index (χ2n) is 6.71. The van der Waals surface area contributed by atoms with Crippen molar-refractivity contribution in [3.63, 3.8) is 0 Å². The first-order chi connectivity index (χ1) is 14.8. The van der Waals surface area contributed by atoms with Gasteiger partial charge in [0.1, 0.15) is 0 Å². The van der Waals surface area contributed by atoms with Gasteiger partial charge in [0.25, 0.3) is 0 Å². The molecule has 0 saturated carbocycles. The number of fused-ring (bicyclic) bond motifs is 1. The average Bonchev–Trinajstić information content (AvgIpc) is 3.53. The SMILES string of the molecule is O=C(CSc1nnc(Nc2ccccc2)s1)N1CCc2sccc2C1c1cccs1. The molecule has 1 amide bonds. The van der Waals surface area contributed by atoms with E-state index in [0.717, 1.165) is 28.1 Å². The fourth-order valence-electron chi connectivity index (χ4n) is 3.51. The van der Waals surface area contributed by atoms with Crippen molar-refractivity contribution in [2.45, 2.75) is 16.8 Å². The van der Waals surface area contributed by atoms with Gasteiger partial charge in [-0.3, -0.25) is 4.79 Å². The number of hydrogen-bond acceptors (Lipinski definition) is 8. The van der Waals surface area contributed by atoms with Gasteiger partial charge in [0.05, 0.1) is 11.8 Å². The lowest BCUT2D eigenvalue weighted by molar-refractivity contribution is -0.130. The van der Waals surface area contributed by atoms with Gasteiger partial charge in [0.15, 0.2) is 4.34 Å². The first-order valence-electron chi connectivity index (χ1n) is 9.45. The normalized spacial score (nSPS) is 15.7. The highest BCUT2D eigenvalue weighted by Crippen LogP contribution is 2.40. The Balaban J connectivity index is 1.26. The molecule has 1 aliphatic heterocycles. The summed E-state index contributed by atoms with van der Waals surface area (Å²) in [6.07, 6.45) is 0.926. The Bertz CT molecular complexity index is 1120. The largest absolute Gasteiger partial charge is 0.330 e. The number of nitrogens with zero attached hydrogens (tertiary/aromatic N) is 3. The van der Waals surface area contributed by atoms with Gasteiger partial charge in [-0.25, -0.2) is 0 Å². The first kappa shape index (κ1) is 19.7. The van der Waals surface area contributed by atoms with E-state index in [1.54, 1.807) is 22.7 Å². The molecule has 4 aromatic rings. The van der Waals surface area contributed by atoms with Crippen LogP contribution in [-0.2, 0) is 11.2 Å². The lowest BCUT2D eigenvalue weighted by atomic mass is 9.98. The molecular formula is C21H18N4OS4. The molecule has 0 fully saturated rings. The van der Waals surface area contributed by atoms with E-state index in [1.165, 1.54) is 38.4 Å². The quantitative estimate of drug-likeness (QED) is 0.368. The lowest BCUT2D eigenvalue weighted by Gasteiger charge is -2.35. The standard InChI is InChI=1S/C21H18N4OS4/c26-18(13-29-21-24-23-20(30-21)22-14-5-2-1-3-6-14)25-10-8-16-15(9-12-28-16)19(25)17-7-4-11-27-17/h1-7,9,11-12,19H,8,10,13H2,(H,22,23). The van der Waals surface area contributed by atoms with Crippen molar-refractivity contribution in [1.29, 1.82) is 0 Å². The van der Waals surface area contributed by atoms with Gasteiger partial charge >= 0.3 is 0 Å². The average molecular weight is 471 g/mol. The Kier molecular flexibility index (Phi) is 5.85. The van der Waals surface area contributed by atoms with Crippen LogP contribution in [0.1, 0.15) is 21.4 Å². The summed E-state index contributed by atoms with van der Waals surface area (Å²) in [6.45, 7) is 0.756. The Hall–Kier alpha value is -2.20. The van der Waals surface area contributed by atoms with Crippen LogP contribution >= 0.6 is 45.8 Å². The third kappa shape index (κ3) is 4.15. The molecule has 3 aromatic heterocycles. The molecule has 0 aliphatic carbocycles. The molecule has 0 bridgehead atoms. The number of carbonyl (C=O) groups is 1. The second kappa shape index (κ2) is 8.89. The molecule has 152 valence electrons. The summed E-state index contributed by atoms with van der Waals surface area (Å²) in [7, 11) is 0. The Morgan fingerprint density at radius 3 is 2.83 bits per heavy atom. The van der Waals surface area contributed by atoms with Gasteiger partial charge in [0, 0.05) is 22.0 Å². The molecule has 0 spiro atoms. The van der Waals surface area contributed by atoms with E-state index in [9.17, 15) is 4.79 Å². The molecule has 5 rings (SSSR count). The van der Waals surface area contributed by atoms with E-state index < -0.39 is 0 Å². The highest BCUT2D eigenvalue weighted by atomic mass is 32.2. The highest BCUT2D eigenvalue weighted by molar-refractivity contribution is 8.01. The summed E-state index contributed by atoms with van der Waals surface area (Å²) in [6, 6.07) is 16.3. The fraction of sp³-hybridized carbons (Fsp3) is 0.190. The number of benzene rings is 1. The maximum atomic E-state index is 13.2. The number of aromatic nitrogens is 2. The minimum atomic E-state index is 0.0258. The van der Waals surface area contributed by atoms with Crippen molar-refractivity contribution >= 4 is 62.5 Å². The smallest absolute Gasteiger partial charge is 0.233 e. The maximum absolute atomic E-state index is 13.2. The van der Waals surface area contributed by atoms with Crippen LogP contribution in [0.2, 0.25) is 0 Å². The van der Waals surface area contributed by atoms with Gasteiger partial charge in [-0.15, -0.1) is 32.9 Å². The maximum Gasteiger partial charge on any atom is 0.233 e. The minimum absolute atomic E-state index is 0.0258. The van der Waals surface area contributed by atoms with Crippen LogP contribution < -0.4 is 5.32 Å². The van der Waals surface area contributed by atoms with Crippen LogP contribution in [0, 0.1) is 0 Å². The van der Waals surface area contributed by atoms with E-state index in [-0.39, 0.29) is 11.9 Å². The lowest BCUT2D eigenvalue weighted by Crippen LogP contribution is -2.40. The predicted molar refractivity (Wildman–Crippen MR) is 126 cm³/mol. The Morgan fingerprint density at radius 2 is 2.00 bits per heavy atom. The molecule has 4 heterocycles. The minimum Gasteiger partial charge on any atom is -0.330 e. The van der Waals surface area contributed by atoms with Gasteiger partial charge in [-0.05, 0) is 47.0 Å². The van der Waals surface area contributed by atoms with Gasteiger partial charge in [-0.2, -0.15) is 0 Å². The molecule has 1 N–H and O–H groups in total. The summed E-state index contributed by atoms with van der Waals surface area (Å²) in [5, 5.41) is 16.6. The molecule has 0 radical (unpaired) electrons. The highest BCUT2D eigenvalue weighted by Gasteiger charge is 2.33. The molecule has 5 nitrogen and oxygen atoms in total. The molecule has 9 heteroatoms. The van der Waals surface area contributed by atoms with Crippen LogP contribution in [-0.4, -0.2) is 33.3 Å². The second-order valence-corrected chi connectivity index (χ2v) is 10.9. The number of hydrogen-bond donors (Lipinski definition) is 1. The number of para-hydroxylation sites is 1. The van der Waals surface area contributed by atoms with Crippen LogP contribution in [0.25, 0.3) is 0 Å². The number of thiophene rings is 2. The van der Waals surface area contributed by atoms with Crippen LogP contribution in [0.15, 0.2) is 63.6 Å². The van der Waals surface area contributed by atoms with E-state index in [1.807, 2.05) is 35.2 Å². The van der Waals surface area contributed by atoms with Crippen molar-refractivity contribution in [2.24, 2.45) is 0 Å². The molecule has 30 heavy (non-hydrogen) atoms. The molecule has 1 aromatic carbocycles. The first-order valence-corrected chi connectivity index (χ1v) is 13.0. The summed E-state index contributed by atoms with van der Waals surface area (Å²) < 4.78 is 0.794. The van der Waals surface area contributed by atoms with E-state index >= 15 is 0 Å². The molecule has 1 atom stereocenters. The summed E-state index contributed by atoms with van der Waals surface area (Å²) in [5.74, 6) is 0.504. The Labute approximate surface area is 190 Å². The fourth-order valence-corrected chi connectivity index (χ4v) is 6.93. The number of amides is 1. The van der Waals surface area contributed by atoms with E-state index in [2.05, 4.69) is 44.5 Å². The number of rotatable bonds is 6. The summed E-state index contributed by atoms with van der Waals surface area (Å²) >= 11 is 6.43. The van der Waals surface area contributed by atoms with Gasteiger partial charge < -0.3 is 10.2 Å². The zero-order chi connectivity index (χ0) is 20.3.